The van der Waals surface area contributed by atoms with Gasteiger partial charge in [0.15, 0.2) is 0 Å². The number of amides is 1. The molecule has 1 amide bonds. The predicted molar refractivity (Wildman–Crippen MR) is 124 cm³/mol. The van der Waals surface area contributed by atoms with Crippen molar-refractivity contribution >= 4 is 27.8 Å². The van der Waals surface area contributed by atoms with Gasteiger partial charge in [-0.1, -0.05) is 43.2 Å². The summed E-state index contributed by atoms with van der Waals surface area (Å²) in [7, 11) is 0. The van der Waals surface area contributed by atoms with Crippen LogP contribution in [0.1, 0.15) is 50.0 Å². The summed E-state index contributed by atoms with van der Waals surface area (Å²) in [6.07, 6.45) is 6.75. The number of aromatic amines is 1. The molecule has 5 rings (SSSR count). The van der Waals surface area contributed by atoms with Gasteiger partial charge in [0.05, 0.1) is 17.1 Å². The molecule has 2 aromatic carbocycles. The lowest BCUT2D eigenvalue weighted by Crippen LogP contribution is -2.35. The normalized spacial score (nSPS) is 15.6. The third-order valence-corrected chi connectivity index (χ3v) is 6.32. The first kappa shape index (κ1) is 19.8. The molecule has 1 atom stereocenters. The molecule has 0 spiro atoms. The van der Waals surface area contributed by atoms with E-state index in [9.17, 15) is 4.79 Å². The zero-order valence-electron chi connectivity index (χ0n) is 17.9. The van der Waals surface area contributed by atoms with Crippen LogP contribution in [0.3, 0.4) is 0 Å². The number of para-hydroxylation sites is 3. The molecule has 0 aliphatic heterocycles. The Labute approximate surface area is 182 Å². The average Bonchev–Trinajstić information content (AvgIpc) is 3.51. The summed E-state index contributed by atoms with van der Waals surface area (Å²) in [5.41, 5.74) is 4.32. The SMILES string of the molecule is CC(NCc1cn(CC(=O)NC2CCCC2)c2ccccc12)c1nc2ccccc2[nH]1. The van der Waals surface area contributed by atoms with Crippen LogP contribution >= 0.6 is 0 Å². The molecule has 1 aliphatic carbocycles. The van der Waals surface area contributed by atoms with Gasteiger partial charge in [0.1, 0.15) is 12.4 Å². The highest BCUT2D eigenvalue weighted by Crippen LogP contribution is 2.23. The lowest BCUT2D eigenvalue weighted by molar-refractivity contribution is -0.122. The van der Waals surface area contributed by atoms with E-state index in [1.54, 1.807) is 0 Å². The van der Waals surface area contributed by atoms with Crippen LogP contribution in [0, 0.1) is 0 Å². The summed E-state index contributed by atoms with van der Waals surface area (Å²) in [5, 5.41) is 7.96. The number of carbonyl (C=O) groups is 1. The minimum absolute atomic E-state index is 0.0835. The smallest absolute Gasteiger partial charge is 0.240 e. The zero-order valence-corrected chi connectivity index (χ0v) is 17.9. The molecular weight excluding hydrogens is 386 g/mol. The summed E-state index contributed by atoms with van der Waals surface area (Å²) < 4.78 is 2.07. The second-order valence-electron chi connectivity index (χ2n) is 8.59. The van der Waals surface area contributed by atoms with E-state index in [4.69, 9.17) is 4.98 Å². The van der Waals surface area contributed by atoms with Gasteiger partial charge in [0.25, 0.3) is 0 Å². The number of hydrogen-bond donors (Lipinski definition) is 3. The molecule has 1 unspecified atom stereocenters. The fraction of sp³-hybridized carbons (Fsp3) is 0.360. The number of rotatable bonds is 7. The third kappa shape index (κ3) is 4.21. The van der Waals surface area contributed by atoms with Crippen LogP contribution in [0.2, 0.25) is 0 Å². The van der Waals surface area contributed by atoms with Crippen molar-refractivity contribution in [3.05, 3.63) is 66.1 Å². The average molecular weight is 416 g/mol. The summed E-state index contributed by atoms with van der Waals surface area (Å²) in [4.78, 5) is 20.7. The van der Waals surface area contributed by atoms with Gasteiger partial charge in [-0.15, -0.1) is 0 Å². The highest BCUT2D eigenvalue weighted by molar-refractivity contribution is 5.86. The topological polar surface area (TPSA) is 74.7 Å². The highest BCUT2D eigenvalue weighted by atomic mass is 16.2. The van der Waals surface area contributed by atoms with Crippen molar-refractivity contribution in [1.29, 1.82) is 0 Å². The quantitative estimate of drug-likeness (QED) is 0.418. The molecule has 6 nitrogen and oxygen atoms in total. The number of hydrogen-bond acceptors (Lipinski definition) is 3. The standard InChI is InChI=1S/C25H29N5O/c1-17(25-28-21-11-5-6-12-22(21)29-25)26-14-18-15-30(23-13-7-4-10-20(18)23)16-24(31)27-19-8-2-3-9-19/h4-7,10-13,15,17,19,26H,2-3,8-9,14,16H2,1H3,(H,27,31)(H,28,29). The summed E-state index contributed by atoms with van der Waals surface area (Å²) in [6, 6.07) is 16.8. The van der Waals surface area contributed by atoms with E-state index in [2.05, 4.69) is 51.5 Å². The molecule has 160 valence electrons. The number of aromatic nitrogens is 3. The van der Waals surface area contributed by atoms with Crippen LogP contribution in [0.4, 0.5) is 0 Å². The van der Waals surface area contributed by atoms with Crippen molar-refractivity contribution in [1.82, 2.24) is 25.2 Å². The van der Waals surface area contributed by atoms with Gasteiger partial charge < -0.3 is 20.2 Å². The third-order valence-electron chi connectivity index (χ3n) is 6.32. The number of carbonyl (C=O) groups excluding carboxylic acids is 1. The van der Waals surface area contributed by atoms with Crippen molar-refractivity contribution in [2.75, 3.05) is 0 Å². The van der Waals surface area contributed by atoms with Gasteiger partial charge >= 0.3 is 0 Å². The Bertz CT molecular complexity index is 1170. The molecule has 0 saturated heterocycles. The molecule has 0 radical (unpaired) electrons. The van der Waals surface area contributed by atoms with Gasteiger partial charge in [0, 0.05) is 29.7 Å². The number of benzene rings is 2. The second kappa shape index (κ2) is 8.55. The molecule has 3 N–H and O–H groups in total. The largest absolute Gasteiger partial charge is 0.352 e. The molecule has 1 fully saturated rings. The Balaban J connectivity index is 1.30. The number of imidazole rings is 1. The summed E-state index contributed by atoms with van der Waals surface area (Å²) in [6.45, 7) is 3.18. The first-order chi connectivity index (χ1) is 15.2. The Morgan fingerprint density at radius 1 is 1.16 bits per heavy atom. The minimum Gasteiger partial charge on any atom is -0.352 e. The second-order valence-corrected chi connectivity index (χ2v) is 8.59. The van der Waals surface area contributed by atoms with E-state index >= 15 is 0 Å². The first-order valence-corrected chi connectivity index (χ1v) is 11.2. The summed E-state index contributed by atoms with van der Waals surface area (Å²) >= 11 is 0. The maximum atomic E-state index is 12.6. The highest BCUT2D eigenvalue weighted by Gasteiger charge is 2.18. The lowest BCUT2D eigenvalue weighted by Gasteiger charge is -2.12. The molecule has 2 heterocycles. The van der Waals surface area contributed by atoms with Gasteiger partial charge in [-0.3, -0.25) is 4.79 Å². The van der Waals surface area contributed by atoms with E-state index < -0.39 is 0 Å². The minimum atomic E-state index is 0.0835. The number of H-pyrrole nitrogens is 1. The lowest BCUT2D eigenvalue weighted by atomic mass is 10.1. The van der Waals surface area contributed by atoms with Crippen LogP contribution in [-0.4, -0.2) is 26.5 Å². The molecule has 1 aliphatic rings. The Hall–Kier alpha value is -3.12. The van der Waals surface area contributed by atoms with Crippen molar-refractivity contribution in [3.63, 3.8) is 0 Å². The molecule has 4 aromatic rings. The van der Waals surface area contributed by atoms with Crippen LogP contribution in [0.5, 0.6) is 0 Å². The van der Waals surface area contributed by atoms with Crippen molar-refractivity contribution in [2.45, 2.75) is 57.8 Å². The van der Waals surface area contributed by atoms with Gasteiger partial charge in [-0.2, -0.15) is 0 Å². The summed E-state index contributed by atoms with van der Waals surface area (Å²) in [5.74, 6) is 1.03. The van der Waals surface area contributed by atoms with E-state index in [0.717, 1.165) is 35.2 Å². The van der Waals surface area contributed by atoms with Crippen LogP contribution in [-0.2, 0) is 17.9 Å². The van der Waals surface area contributed by atoms with E-state index in [-0.39, 0.29) is 11.9 Å². The van der Waals surface area contributed by atoms with E-state index in [1.807, 2.05) is 30.3 Å². The maximum Gasteiger partial charge on any atom is 0.240 e. The number of nitrogens with one attached hydrogen (secondary N) is 3. The van der Waals surface area contributed by atoms with Crippen LogP contribution in [0.25, 0.3) is 21.9 Å². The fourth-order valence-electron chi connectivity index (χ4n) is 4.63. The predicted octanol–water partition coefficient (Wildman–Crippen LogP) is 4.43. The Kier molecular flexibility index (Phi) is 5.47. The maximum absolute atomic E-state index is 12.6. The molecule has 6 heteroatoms. The Morgan fingerprint density at radius 2 is 1.94 bits per heavy atom. The van der Waals surface area contributed by atoms with E-state index in [0.29, 0.717) is 19.1 Å². The van der Waals surface area contributed by atoms with Crippen LogP contribution < -0.4 is 10.6 Å². The monoisotopic (exact) mass is 415 g/mol. The zero-order chi connectivity index (χ0) is 21.2. The number of fused-ring (bicyclic) bond motifs is 2. The Morgan fingerprint density at radius 3 is 2.77 bits per heavy atom. The molecule has 31 heavy (non-hydrogen) atoms. The molecule has 1 saturated carbocycles. The van der Waals surface area contributed by atoms with Gasteiger partial charge in [0.2, 0.25) is 5.91 Å². The van der Waals surface area contributed by atoms with Crippen LogP contribution in [0.15, 0.2) is 54.7 Å². The van der Waals surface area contributed by atoms with E-state index in [1.165, 1.54) is 23.8 Å². The first-order valence-electron chi connectivity index (χ1n) is 11.2. The van der Waals surface area contributed by atoms with Crippen molar-refractivity contribution in [2.24, 2.45) is 0 Å². The molecule has 2 aromatic heterocycles. The molecular formula is C25H29N5O. The molecule has 0 bridgehead atoms. The number of nitrogens with zero attached hydrogens (tertiary/aromatic N) is 2. The van der Waals surface area contributed by atoms with Crippen molar-refractivity contribution < 1.29 is 4.79 Å². The van der Waals surface area contributed by atoms with Gasteiger partial charge in [-0.05, 0) is 43.5 Å². The van der Waals surface area contributed by atoms with Crippen molar-refractivity contribution in [3.8, 4) is 0 Å². The fourth-order valence-corrected chi connectivity index (χ4v) is 4.63. The van der Waals surface area contributed by atoms with Gasteiger partial charge in [-0.25, -0.2) is 4.98 Å².